The fraction of sp³-hybridized carbons (Fsp3) is 0.143. The summed E-state index contributed by atoms with van der Waals surface area (Å²) >= 11 is 4.93. The highest BCUT2D eigenvalue weighted by Gasteiger charge is 2.07. The molecule has 98 valence electrons. The van der Waals surface area contributed by atoms with Crippen molar-refractivity contribution in [3.63, 3.8) is 0 Å². The van der Waals surface area contributed by atoms with Gasteiger partial charge in [-0.15, -0.1) is 0 Å². The van der Waals surface area contributed by atoms with Crippen LogP contribution in [0.2, 0.25) is 0 Å². The minimum absolute atomic E-state index is 0.283. The molecule has 0 aliphatic carbocycles. The van der Waals surface area contributed by atoms with Gasteiger partial charge >= 0.3 is 0 Å². The molecular formula is C14H13FN2OS. The number of nitrogens with two attached hydrogens (primary N) is 1. The predicted octanol–water partition coefficient (Wildman–Crippen LogP) is 3.26. The van der Waals surface area contributed by atoms with E-state index in [0.29, 0.717) is 22.8 Å². The summed E-state index contributed by atoms with van der Waals surface area (Å²) in [6.45, 7) is 3.59. The second-order valence-electron chi connectivity index (χ2n) is 4.21. The summed E-state index contributed by atoms with van der Waals surface area (Å²) in [6, 6.07) is 7.76. The maximum absolute atomic E-state index is 13.0. The van der Waals surface area contributed by atoms with Crippen molar-refractivity contribution >= 4 is 17.2 Å². The molecule has 2 N–H and O–H groups in total. The van der Waals surface area contributed by atoms with Crippen LogP contribution < -0.4 is 10.5 Å². The maximum Gasteiger partial charge on any atom is 0.220 e. The molecule has 0 amide bonds. The Morgan fingerprint density at radius 1 is 1.26 bits per heavy atom. The van der Waals surface area contributed by atoms with Crippen molar-refractivity contribution in [3.05, 3.63) is 53.0 Å². The molecule has 1 heterocycles. The summed E-state index contributed by atoms with van der Waals surface area (Å²) in [5, 5.41) is 0. The Labute approximate surface area is 116 Å². The highest BCUT2D eigenvalue weighted by atomic mass is 32.1. The van der Waals surface area contributed by atoms with E-state index >= 15 is 0 Å². The lowest BCUT2D eigenvalue weighted by atomic mass is 10.2. The Balaban J connectivity index is 2.35. The standard InChI is InChI=1S/C14H13FN2OS/c1-8-5-11(15)3-4-12(8)18-13-7-10(14(16)19)6-9(2)17-13/h3-7H,1-2H3,(H2,16,19). The topological polar surface area (TPSA) is 48.1 Å². The van der Waals surface area contributed by atoms with E-state index in [4.69, 9.17) is 22.7 Å². The van der Waals surface area contributed by atoms with Crippen LogP contribution in [0.5, 0.6) is 11.6 Å². The molecule has 3 nitrogen and oxygen atoms in total. The summed E-state index contributed by atoms with van der Waals surface area (Å²) in [5.74, 6) is 0.636. The molecule has 1 aromatic heterocycles. The van der Waals surface area contributed by atoms with Gasteiger partial charge in [0, 0.05) is 17.3 Å². The lowest BCUT2D eigenvalue weighted by Crippen LogP contribution is -2.10. The first-order chi connectivity index (χ1) is 8.95. The minimum Gasteiger partial charge on any atom is -0.439 e. The van der Waals surface area contributed by atoms with Crippen LogP contribution in [-0.4, -0.2) is 9.97 Å². The summed E-state index contributed by atoms with van der Waals surface area (Å²) in [6.07, 6.45) is 0. The molecule has 0 aliphatic heterocycles. The van der Waals surface area contributed by atoms with Crippen LogP contribution >= 0.6 is 12.2 Å². The normalized spacial score (nSPS) is 10.3. The average molecular weight is 276 g/mol. The number of aromatic nitrogens is 1. The fourth-order valence-corrected chi connectivity index (χ4v) is 1.79. The first kappa shape index (κ1) is 13.4. The molecule has 19 heavy (non-hydrogen) atoms. The SMILES string of the molecule is Cc1cc(C(N)=S)cc(Oc2ccc(F)cc2C)n1. The van der Waals surface area contributed by atoms with Gasteiger partial charge in [0.15, 0.2) is 0 Å². The van der Waals surface area contributed by atoms with Crippen LogP contribution in [0.15, 0.2) is 30.3 Å². The highest BCUT2D eigenvalue weighted by Crippen LogP contribution is 2.25. The average Bonchev–Trinajstić information content (AvgIpc) is 2.32. The maximum atomic E-state index is 13.0. The van der Waals surface area contributed by atoms with E-state index in [0.717, 1.165) is 5.69 Å². The molecule has 0 saturated carbocycles. The molecule has 2 aromatic rings. The van der Waals surface area contributed by atoms with Crippen LogP contribution in [0.3, 0.4) is 0 Å². The molecule has 0 bridgehead atoms. The Morgan fingerprint density at radius 2 is 2.00 bits per heavy atom. The zero-order valence-corrected chi connectivity index (χ0v) is 11.4. The predicted molar refractivity (Wildman–Crippen MR) is 76.1 cm³/mol. The number of hydrogen-bond acceptors (Lipinski definition) is 3. The second-order valence-corrected chi connectivity index (χ2v) is 4.65. The monoisotopic (exact) mass is 276 g/mol. The molecule has 5 heteroatoms. The van der Waals surface area contributed by atoms with E-state index in [9.17, 15) is 4.39 Å². The Morgan fingerprint density at radius 3 is 2.63 bits per heavy atom. The number of halogens is 1. The second kappa shape index (κ2) is 5.32. The zero-order chi connectivity index (χ0) is 14.0. The third-order valence-electron chi connectivity index (χ3n) is 2.57. The number of nitrogens with zero attached hydrogens (tertiary/aromatic N) is 1. The van der Waals surface area contributed by atoms with Crippen LogP contribution in [0, 0.1) is 19.7 Å². The van der Waals surface area contributed by atoms with E-state index in [1.165, 1.54) is 12.1 Å². The van der Waals surface area contributed by atoms with Gasteiger partial charge < -0.3 is 10.5 Å². The van der Waals surface area contributed by atoms with E-state index in [-0.39, 0.29) is 10.8 Å². The van der Waals surface area contributed by atoms with E-state index < -0.39 is 0 Å². The lowest BCUT2D eigenvalue weighted by molar-refractivity contribution is 0.456. The van der Waals surface area contributed by atoms with Crippen LogP contribution in [-0.2, 0) is 0 Å². The molecule has 2 rings (SSSR count). The third-order valence-corrected chi connectivity index (χ3v) is 2.80. The van der Waals surface area contributed by atoms with Crippen LogP contribution in [0.4, 0.5) is 4.39 Å². The molecule has 0 radical (unpaired) electrons. The fourth-order valence-electron chi connectivity index (χ4n) is 1.67. The van der Waals surface area contributed by atoms with Crippen LogP contribution in [0.1, 0.15) is 16.8 Å². The van der Waals surface area contributed by atoms with Gasteiger partial charge in [-0.05, 0) is 43.7 Å². The van der Waals surface area contributed by atoms with Gasteiger partial charge in [-0.3, -0.25) is 0 Å². The Bertz CT molecular complexity index is 643. The number of benzene rings is 1. The molecule has 0 aliphatic rings. The molecule has 0 fully saturated rings. The van der Waals surface area contributed by atoms with Crippen molar-refractivity contribution in [2.75, 3.05) is 0 Å². The zero-order valence-electron chi connectivity index (χ0n) is 10.6. The summed E-state index contributed by atoms with van der Waals surface area (Å²) in [4.78, 5) is 4.53. The van der Waals surface area contributed by atoms with Crippen LogP contribution in [0.25, 0.3) is 0 Å². The van der Waals surface area contributed by atoms with E-state index in [2.05, 4.69) is 4.98 Å². The largest absolute Gasteiger partial charge is 0.439 e. The van der Waals surface area contributed by atoms with Gasteiger partial charge in [-0.2, -0.15) is 0 Å². The van der Waals surface area contributed by atoms with Crippen molar-refractivity contribution in [3.8, 4) is 11.6 Å². The minimum atomic E-state index is -0.300. The molecular weight excluding hydrogens is 263 g/mol. The van der Waals surface area contributed by atoms with Gasteiger partial charge in [-0.1, -0.05) is 12.2 Å². The molecule has 0 unspecified atom stereocenters. The first-order valence-corrected chi connectivity index (χ1v) is 6.09. The Hall–Kier alpha value is -2.01. The van der Waals surface area contributed by atoms with Gasteiger partial charge in [0.25, 0.3) is 0 Å². The number of aryl methyl sites for hydroxylation is 2. The smallest absolute Gasteiger partial charge is 0.220 e. The van der Waals surface area contributed by atoms with Crippen molar-refractivity contribution in [1.29, 1.82) is 0 Å². The quantitative estimate of drug-likeness (QED) is 0.874. The number of thiocarbonyl (C=S) groups is 1. The number of rotatable bonds is 3. The molecule has 0 saturated heterocycles. The lowest BCUT2D eigenvalue weighted by Gasteiger charge is -2.10. The van der Waals surface area contributed by atoms with E-state index in [1.807, 2.05) is 6.92 Å². The Kier molecular flexibility index (Phi) is 3.76. The van der Waals surface area contributed by atoms with Crippen molar-refractivity contribution in [2.24, 2.45) is 5.73 Å². The van der Waals surface area contributed by atoms with Crippen molar-refractivity contribution < 1.29 is 9.13 Å². The van der Waals surface area contributed by atoms with Gasteiger partial charge in [0.05, 0.1) is 0 Å². The third kappa shape index (κ3) is 3.26. The number of hydrogen-bond donors (Lipinski definition) is 1. The molecule has 1 aromatic carbocycles. The van der Waals surface area contributed by atoms with Crippen molar-refractivity contribution in [2.45, 2.75) is 13.8 Å². The summed E-state index contributed by atoms with van der Waals surface area (Å²) in [5.41, 5.74) is 7.73. The van der Waals surface area contributed by atoms with Gasteiger partial charge in [0.1, 0.15) is 16.6 Å². The number of pyridine rings is 1. The molecule has 0 atom stereocenters. The van der Waals surface area contributed by atoms with Crippen molar-refractivity contribution in [1.82, 2.24) is 4.98 Å². The summed E-state index contributed by atoms with van der Waals surface area (Å²) in [7, 11) is 0. The van der Waals surface area contributed by atoms with Gasteiger partial charge in [0.2, 0.25) is 5.88 Å². The van der Waals surface area contributed by atoms with Gasteiger partial charge in [-0.25, -0.2) is 9.37 Å². The van der Waals surface area contributed by atoms with E-state index in [1.54, 1.807) is 25.1 Å². The summed E-state index contributed by atoms with van der Waals surface area (Å²) < 4.78 is 18.7. The highest BCUT2D eigenvalue weighted by molar-refractivity contribution is 7.80. The number of ether oxygens (including phenoxy) is 1. The molecule has 0 spiro atoms. The first-order valence-electron chi connectivity index (χ1n) is 5.68.